The van der Waals surface area contributed by atoms with Gasteiger partial charge in [0.25, 0.3) is 11.8 Å². The van der Waals surface area contributed by atoms with Crippen molar-refractivity contribution in [3.05, 3.63) is 30.3 Å². The molecule has 1 aliphatic heterocycles. The maximum Gasteiger partial charge on any atom is 0.266 e. The van der Waals surface area contributed by atoms with E-state index in [0.717, 1.165) is 31.6 Å². The third-order valence-corrected chi connectivity index (χ3v) is 3.87. The summed E-state index contributed by atoms with van der Waals surface area (Å²) >= 11 is 0. The van der Waals surface area contributed by atoms with Crippen molar-refractivity contribution in [1.29, 1.82) is 0 Å². The van der Waals surface area contributed by atoms with Crippen molar-refractivity contribution in [2.24, 2.45) is 0 Å². The molecule has 0 spiro atoms. The van der Waals surface area contributed by atoms with Gasteiger partial charge in [0, 0.05) is 38.2 Å². The Hall–Kier alpha value is -2.37. The van der Waals surface area contributed by atoms with Crippen LogP contribution in [0.2, 0.25) is 0 Å². The highest BCUT2D eigenvalue weighted by atomic mass is 16.5. The molecular formula is C16H20N4O2. The van der Waals surface area contributed by atoms with Gasteiger partial charge in [-0.3, -0.25) is 4.79 Å². The van der Waals surface area contributed by atoms with E-state index in [1.807, 2.05) is 42.2 Å². The van der Waals surface area contributed by atoms with Crippen LogP contribution in [0, 0.1) is 0 Å². The molecule has 1 aliphatic rings. The van der Waals surface area contributed by atoms with Crippen molar-refractivity contribution >= 4 is 11.9 Å². The van der Waals surface area contributed by atoms with Gasteiger partial charge in [-0.1, -0.05) is 25.1 Å². The molecule has 2 heterocycles. The number of carbonyl (C=O) groups is 1. The average Bonchev–Trinajstić information content (AvgIpc) is 2.93. The number of hydrogen-bond donors (Lipinski definition) is 0. The molecule has 6 heteroatoms. The largest absolute Gasteiger partial charge is 0.341 e. The van der Waals surface area contributed by atoms with Crippen molar-refractivity contribution in [1.82, 2.24) is 15.0 Å². The second kappa shape index (κ2) is 6.60. The molecule has 0 N–H and O–H groups in total. The molecule has 0 bridgehead atoms. The highest BCUT2D eigenvalue weighted by Crippen LogP contribution is 2.20. The summed E-state index contributed by atoms with van der Waals surface area (Å²) in [5.74, 6) is 1.34. The van der Waals surface area contributed by atoms with Gasteiger partial charge in [0.2, 0.25) is 5.91 Å². The minimum Gasteiger partial charge on any atom is -0.341 e. The van der Waals surface area contributed by atoms with Crippen LogP contribution in [0.25, 0.3) is 11.5 Å². The van der Waals surface area contributed by atoms with Crippen LogP contribution in [0.3, 0.4) is 0 Å². The molecule has 1 aromatic heterocycles. The van der Waals surface area contributed by atoms with Gasteiger partial charge in [0.1, 0.15) is 0 Å². The lowest BCUT2D eigenvalue weighted by Crippen LogP contribution is -2.35. The molecule has 0 unspecified atom stereocenters. The first-order valence-electron chi connectivity index (χ1n) is 7.70. The number of aromatic nitrogens is 2. The van der Waals surface area contributed by atoms with Crippen molar-refractivity contribution < 1.29 is 9.32 Å². The van der Waals surface area contributed by atoms with E-state index in [9.17, 15) is 4.79 Å². The van der Waals surface area contributed by atoms with Crippen molar-refractivity contribution in [3.8, 4) is 11.5 Å². The van der Waals surface area contributed by atoms with Gasteiger partial charge in [0.05, 0.1) is 0 Å². The van der Waals surface area contributed by atoms with Gasteiger partial charge < -0.3 is 14.3 Å². The molecule has 1 fully saturated rings. The van der Waals surface area contributed by atoms with E-state index in [1.54, 1.807) is 0 Å². The minimum atomic E-state index is 0.208. The summed E-state index contributed by atoms with van der Waals surface area (Å²) in [6.45, 7) is 4.98. The van der Waals surface area contributed by atoms with Gasteiger partial charge in [-0.25, -0.2) is 0 Å². The fraction of sp³-hybridized carbons (Fsp3) is 0.438. The molecule has 0 saturated carbocycles. The van der Waals surface area contributed by atoms with Crippen LogP contribution < -0.4 is 4.90 Å². The molecule has 22 heavy (non-hydrogen) atoms. The van der Waals surface area contributed by atoms with Gasteiger partial charge >= 0.3 is 0 Å². The summed E-state index contributed by atoms with van der Waals surface area (Å²) in [4.78, 5) is 20.3. The average molecular weight is 300 g/mol. The van der Waals surface area contributed by atoms with Gasteiger partial charge in [-0.2, -0.15) is 4.98 Å². The molecule has 6 nitrogen and oxygen atoms in total. The number of hydrogen-bond acceptors (Lipinski definition) is 5. The number of rotatable bonds is 3. The zero-order valence-electron chi connectivity index (χ0n) is 12.7. The van der Waals surface area contributed by atoms with E-state index in [0.29, 0.717) is 24.8 Å². The SMILES string of the molecule is CCC(=O)N1CCCN(c2noc(-c3ccccc3)n2)CC1. The summed E-state index contributed by atoms with van der Waals surface area (Å²) in [6, 6.07) is 9.73. The third-order valence-electron chi connectivity index (χ3n) is 3.87. The fourth-order valence-corrected chi connectivity index (χ4v) is 2.63. The zero-order chi connectivity index (χ0) is 15.4. The van der Waals surface area contributed by atoms with E-state index >= 15 is 0 Å². The first-order chi connectivity index (χ1) is 10.8. The summed E-state index contributed by atoms with van der Waals surface area (Å²) in [7, 11) is 0. The van der Waals surface area contributed by atoms with Crippen LogP contribution in [0.5, 0.6) is 0 Å². The van der Waals surface area contributed by atoms with Crippen LogP contribution in [-0.2, 0) is 4.79 Å². The van der Waals surface area contributed by atoms with Gasteiger partial charge in [0.15, 0.2) is 0 Å². The highest BCUT2D eigenvalue weighted by Gasteiger charge is 2.21. The lowest BCUT2D eigenvalue weighted by atomic mass is 10.2. The number of anilines is 1. The van der Waals surface area contributed by atoms with E-state index in [2.05, 4.69) is 15.0 Å². The smallest absolute Gasteiger partial charge is 0.266 e. The predicted octanol–water partition coefficient (Wildman–Crippen LogP) is 2.19. The highest BCUT2D eigenvalue weighted by molar-refractivity contribution is 5.75. The lowest BCUT2D eigenvalue weighted by Gasteiger charge is -2.20. The van der Waals surface area contributed by atoms with Gasteiger partial charge in [-0.15, -0.1) is 0 Å². The second-order valence-electron chi connectivity index (χ2n) is 5.34. The molecule has 0 radical (unpaired) electrons. The molecule has 3 rings (SSSR count). The Morgan fingerprint density at radius 2 is 2.00 bits per heavy atom. The van der Waals surface area contributed by atoms with Crippen LogP contribution in [0.15, 0.2) is 34.9 Å². The molecule has 2 aromatic rings. The van der Waals surface area contributed by atoms with Crippen molar-refractivity contribution in [2.45, 2.75) is 19.8 Å². The van der Waals surface area contributed by atoms with Crippen molar-refractivity contribution in [3.63, 3.8) is 0 Å². The van der Waals surface area contributed by atoms with Crippen molar-refractivity contribution in [2.75, 3.05) is 31.1 Å². The second-order valence-corrected chi connectivity index (χ2v) is 5.34. The molecule has 116 valence electrons. The summed E-state index contributed by atoms with van der Waals surface area (Å²) in [6.07, 6.45) is 1.47. The first kappa shape index (κ1) is 14.6. The maximum absolute atomic E-state index is 11.8. The normalized spacial score (nSPS) is 15.7. The maximum atomic E-state index is 11.8. The monoisotopic (exact) mass is 300 g/mol. The van der Waals surface area contributed by atoms with Crippen LogP contribution in [0.4, 0.5) is 5.95 Å². The van der Waals surface area contributed by atoms with E-state index in [-0.39, 0.29) is 5.91 Å². The summed E-state index contributed by atoms with van der Waals surface area (Å²) in [5.41, 5.74) is 0.916. The molecule has 0 atom stereocenters. The Morgan fingerprint density at radius 3 is 2.77 bits per heavy atom. The molecule has 1 saturated heterocycles. The van der Waals surface area contributed by atoms with Gasteiger partial charge in [-0.05, 0) is 23.7 Å². The van der Waals surface area contributed by atoms with E-state index < -0.39 is 0 Å². The van der Waals surface area contributed by atoms with Crippen LogP contribution >= 0.6 is 0 Å². The van der Waals surface area contributed by atoms with Crippen LogP contribution in [0.1, 0.15) is 19.8 Å². The molecule has 1 amide bonds. The molecular weight excluding hydrogens is 280 g/mol. The quantitative estimate of drug-likeness (QED) is 0.869. The third kappa shape index (κ3) is 3.10. The Balaban J connectivity index is 1.70. The predicted molar refractivity (Wildman–Crippen MR) is 83.4 cm³/mol. The number of nitrogens with zero attached hydrogens (tertiary/aromatic N) is 4. The molecule has 1 aromatic carbocycles. The topological polar surface area (TPSA) is 62.5 Å². The number of benzene rings is 1. The Labute approximate surface area is 129 Å². The fourth-order valence-electron chi connectivity index (χ4n) is 2.63. The standard InChI is InChI=1S/C16H20N4O2/c1-2-14(21)19-9-6-10-20(12-11-19)16-17-15(22-18-16)13-7-4-3-5-8-13/h3-5,7-8H,2,6,9-12H2,1H3. The zero-order valence-corrected chi connectivity index (χ0v) is 12.7. The lowest BCUT2D eigenvalue weighted by molar-refractivity contribution is -0.130. The Bertz CT molecular complexity index is 626. The Morgan fingerprint density at radius 1 is 1.18 bits per heavy atom. The van der Waals surface area contributed by atoms with Crippen LogP contribution in [-0.4, -0.2) is 47.1 Å². The number of amides is 1. The summed E-state index contributed by atoms with van der Waals surface area (Å²) in [5, 5.41) is 4.08. The molecule has 0 aliphatic carbocycles. The summed E-state index contributed by atoms with van der Waals surface area (Å²) < 4.78 is 5.36. The minimum absolute atomic E-state index is 0.208. The first-order valence-corrected chi connectivity index (χ1v) is 7.70. The Kier molecular flexibility index (Phi) is 4.37. The number of carbonyl (C=O) groups excluding carboxylic acids is 1. The van der Waals surface area contributed by atoms with E-state index in [4.69, 9.17) is 4.52 Å². The van der Waals surface area contributed by atoms with E-state index in [1.165, 1.54) is 0 Å².